The molecular weight excluding hydrogens is 218 g/mol. The number of pyridine rings is 1. The molecule has 0 aliphatic carbocycles. The first-order chi connectivity index (χ1) is 8.72. The number of hydrogen-bond donors (Lipinski definition) is 0. The summed E-state index contributed by atoms with van der Waals surface area (Å²) in [6.45, 7) is 8.21. The number of aromatic nitrogens is 1. The van der Waals surface area contributed by atoms with Crippen LogP contribution >= 0.6 is 0 Å². The Balaban J connectivity index is 0.000000574. The average Bonchev–Trinajstić information content (AvgIpc) is 2.39. The van der Waals surface area contributed by atoms with E-state index in [4.69, 9.17) is 0 Å². The van der Waals surface area contributed by atoms with Gasteiger partial charge in [-0.3, -0.25) is 0 Å². The first-order valence-electron chi connectivity index (χ1n) is 6.50. The number of nitrogens with zero attached hydrogens (tertiary/aromatic N) is 1. The van der Waals surface area contributed by atoms with Crippen molar-refractivity contribution in [2.24, 2.45) is 0 Å². The van der Waals surface area contributed by atoms with Crippen LogP contribution in [0.5, 0.6) is 0 Å². The molecule has 0 amide bonds. The van der Waals surface area contributed by atoms with Crippen molar-refractivity contribution in [1.82, 2.24) is 4.98 Å². The molecule has 0 saturated heterocycles. The highest BCUT2D eigenvalue weighted by molar-refractivity contribution is 5.93. The lowest BCUT2D eigenvalue weighted by molar-refractivity contribution is 1.43. The summed E-state index contributed by atoms with van der Waals surface area (Å²) in [5.74, 6) is 0. The minimum absolute atomic E-state index is 1.07. The summed E-state index contributed by atoms with van der Waals surface area (Å²) in [5.41, 5.74) is 4.69. The minimum atomic E-state index is 1.07. The molecule has 0 bridgehead atoms. The Morgan fingerprint density at radius 3 is 2.11 bits per heavy atom. The van der Waals surface area contributed by atoms with Gasteiger partial charge in [-0.1, -0.05) is 37.6 Å². The zero-order valence-corrected chi connectivity index (χ0v) is 11.5. The summed E-state index contributed by atoms with van der Waals surface area (Å²) in [6, 6.07) is 15.0. The van der Waals surface area contributed by atoms with Crippen LogP contribution in [0.25, 0.3) is 21.8 Å². The Morgan fingerprint density at radius 1 is 0.667 bits per heavy atom. The fraction of sp³-hybridized carbons (Fsp3) is 0.235. The lowest BCUT2D eigenvalue weighted by Gasteiger charge is -2.03. The van der Waals surface area contributed by atoms with Crippen molar-refractivity contribution < 1.29 is 0 Å². The van der Waals surface area contributed by atoms with Crippen molar-refractivity contribution in [3.63, 3.8) is 0 Å². The van der Waals surface area contributed by atoms with E-state index in [-0.39, 0.29) is 0 Å². The van der Waals surface area contributed by atoms with Gasteiger partial charge in [0.1, 0.15) is 0 Å². The van der Waals surface area contributed by atoms with Crippen molar-refractivity contribution in [1.29, 1.82) is 0 Å². The van der Waals surface area contributed by atoms with Gasteiger partial charge in [-0.2, -0.15) is 0 Å². The Bertz CT molecular complexity index is 622. The number of benzene rings is 2. The summed E-state index contributed by atoms with van der Waals surface area (Å²) >= 11 is 0. The molecule has 0 radical (unpaired) electrons. The van der Waals surface area contributed by atoms with Crippen LogP contribution in [0, 0.1) is 13.8 Å². The average molecular weight is 237 g/mol. The van der Waals surface area contributed by atoms with Gasteiger partial charge in [0.05, 0.1) is 11.0 Å². The zero-order valence-electron chi connectivity index (χ0n) is 11.5. The molecule has 1 heteroatoms. The predicted molar refractivity (Wildman–Crippen MR) is 80.1 cm³/mol. The van der Waals surface area contributed by atoms with E-state index in [2.05, 4.69) is 61.3 Å². The molecule has 1 aromatic heterocycles. The predicted octanol–water partition coefficient (Wildman–Crippen LogP) is 5.03. The fourth-order valence-electron chi connectivity index (χ4n) is 2.06. The van der Waals surface area contributed by atoms with Crippen molar-refractivity contribution in [2.45, 2.75) is 27.7 Å². The summed E-state index contributed by atoms with van der Waals surface area (Å²) in [6.07, 6.45) is 0. The second kappa shape index (κ2) is 5.18. The van der Waals surface area contributed by atoms with Gasteiger partial charge in [-0.15, -0.1) is 0 Å². The summed E-state index contributed by atoms with van der Waals surface area (Å²) in [7, 11) is 0. The van der Waals surface area contributed by atoms with Crippen LogP contribution in [-0.4, -0.2) is 4.98 Å². The van der Waals surface area contributed by atoms with Crippen LogP contribution in [0.15, 0.2) is 42.5 Å². The molecule has 0 spiro atoms. The van der Waals surface area contributed by atoms with E-state index in [9.17, 15) is 0 Å². The van der Waals surface area contributed by atoms with E-state index in [0.29, 0.717) is 0 Å². The van der Waals surface area contributed by atoms with Crippen LogP contribution in [0.1, 0.15) is 25.0 Å². The minimum Gasteiger partial charge on any atom is -0.248 e. The van der Waals surface area contributed by atoms with Gasteiger partial charge < -0.3 is 0 Å². The standard InChI is InChI=1S/C15H13N.C2H6/c1-10-4-6-14-13(7-10)9-12-5-3-11(2)8-15(12)16-14;1-2/h3-9H,1-2H3;1-2H3. The Hall–Kier alpha value is -1.89. The maximum atomic E-state index is 4.68. The molecule has 0 atom stereocenters. The maximum absolute atomic E-state index is 4.68. The van der Waals surface area contributed by atoms with E-state index < -0.39 is 0 Å². The molecule has 0 saturated carbocycles. The molecule has 2 aromatic carbocycles. The molecule has 1 nitrogen and oxygen atoms in total. The van der Waals surface area contributed by atoms with E-state index in [0.717, 1.165) is 11.0 Å². The number of aryl methyl sites for hydroxylation is 2. The van der Waals surface area contributed by atoms with Gasteiger partial charge in [0, 0.05) is 10.8 Å². The smallest absolute Gasteiger partial charge is 0.0712 e. The number of fused-ring (bicyclic) bond motifs is 2. The van der Waals surface area contributed by atoms with Gasteiger partial charge in [0.25, 0.3) is 0 Å². The molecule has 0 unspecified atom stereocenters. The van der Waals surface area contributed by atoms with Crippen LogP contribution < -0.4 is 0 Å². The van der Waals surface area contributed by atoms with Gasteiger partial charge >= 0.3 is 0 Å². The molecular formula is C17H19N. The first kappa shape index (κ1) is 12.6. The van der Waals surface area contributed by atoms with E-state index in [1.54, 1.807) is 0 Å². The van der Waals surface area contributed by atoms with Gasteiger partial charge in [-0.05, 0) is 43.7 Å². The lowest BCUT2D eigenvalue weighted by Crippen LogP contribution is -1.84. The molecule has 3 rings (SSSR count). The SMILES string of the molecule is CC.Cc1ccc2nc3cc(C)ccc3cc2c1. The third kappa shape index (κ3) is 2.35. The molecule has 0 aliphatic heterocycles. The molecule has 0 fully saturated rings. The second-order valence-electron chi connectivity index (χ2n) is 4.38. The van der Waals surface area contributed by atoms with Crippen LogP contribution in [-0.2, 0) is 0 Å². The van der Waals surface area contributed by atoms with Crippen molar-refractivity contribution >= 4 is 21.8 Å². The molecule has 0 aliphatic rings. The van der Waals surface area contributed by atoms with Crippen LogP contribution in [0.4, 0.5) is 0 Å². The Labute approximate surface area is 108 Å². The zero-order chi connectivity index (χ0) is 13.1. The highest BCUT2D eigenvalue weighted by Gasteiger charge is 2.00. The highest BCUT2D eigenvalue weighted by Crippen LogP contribution is 2.21. The summed E-state index contributed by atoms with van der Waals surface area (Å²) < 4.78 is 0. The van der Waals surface area contributed by atoms with Gasteiger partial charge in [0.2, 0.25) is 0 Å². The van der Waals surface area contributed by atoms with E-state index >= 15 is 0 Å². The Kier molecular flexibility index (Phi) is 3.61. The first-order valence-corrected chi connectivity index (χ1v) is 6.50. The van der Waals surface area contributed by atoms with Gasteiger partial charge in [-0.25, -0.2) is 4.98 Å². The highest BCUT2D eigenvalue weighted by atomic mass is 14.7. The summed E-state index contributed by atoms with van der Waals surface area (Å²) in [4.78, 5) is 4.68. The van der Waals surface area contributed by atoms with E-state index in [1.165, 1.54) is 21.9 Å². The molecule has 18 heavy (non-hydrogen) atoms. The molecule has 0 N–H and O–H groups in total. The monoisotopic (exact) mass is 237 g/mol. The van der Waals surface area contributed by atoms with Crippen molar-refractivity contribution in [3.05, 3.63) is 53.6 Å². The molecule has 92 valence electrons. The van der Waals surface area contributed by atoms with Gasteiger partial charge in [0.15, 0.2) is 0 Å². The summed E-state index contributed by atoms with van der Waals surface area (Å²) in [5, 5.41) is 2.43. The third-order valence-corrected chi connectivity index (χ3v) is 2.92. The molecule has 1 heterocycles. The lowest BCUT2D eigenvalue weighted by atomic mass is 10.1. The van der Waals surface area contributed by atoms with Crippen molar-refractivity contribution in [3.8, 4) is 0 Å². The fourth-order valence-corrected chi connectivity index (χ4v) is 2.06. The quantitative estimate of drug-likeness (QED) is 0.500. The Morgan fingerprint density at radius 2 is 1.33 bits per heavy atom. The van der Waals surface area contributed by atoms with Crippen LogP contribution in [0.2, 0.25) is 0 Å². The largest absolute Gasteiger partial charge is 0.248 e. The van der Waals surface area contributed by atoms with Crippen LogP contribution in [0.3, 0.4) is 0 Å². The third-order valence-electron chi connectivity index (χ3n) is 2.92. The number of rotatable bonds is 0. The maximum Gasteiger partial charge on any atom is 0.0712 e. The topological polar surface area (TPSA) is 12.9 Å². The second-order valence-corrected chi connectivity index (χ2v) is 4.38. The molecule has 3 aromatic rings. The van der Waals surface area contributed by atoms with Crippen molar-refractivity contribution in [2.75, 3.05) is 0 Å². The number of hydrogen-bond acceptors (Lipinski definition) is 1. The normalized spacial score (nSPS) is 10.2. The van der Waals surface area contributed by atoms with E-state index in [1.807, 2.05) is 13.8 Å².